The fourth-order valence-corrected chi connectivity index (χ4v) is 16.5. The molecule has 5 heteroatoms. The van der Waals surface area contributed by atoms with Crippen LogP contribution < -0.4 is 0 Å². The molecule has 0 aliphatic rings. The van der Waals surface area contributed by atoms with Gasteiger partial charge in [-0.1, -0.05) is 0 Å². The Hall–Kier alpha value is -1.16. The van der Waals surface area contributed by atoms with Gasteiger partial charge in [-0.25, -0.2) is 0 Å². The third-order valence-electron chi connectivity index (χ3n) is 2.39. The van der Waals surface area contributed by atoms with Crippen LogP contribution in [0.5, 0.6) is 0 Å². The number of hydrogen-bond acceptors (Lipinski definition) is 4. The molecular weight excluding hydrogens is 475 g/mol. The van der Waals surface area contributed by atoms with Crippen molar-refractivity contribution in [2.45, 2.75) is 53.4 Å². The molecule has 0 spiro atoms. The van der Waals surface area contributed by atoms with Crippen molar-refractivity contribution in [1.29, 1.82) is 0 Å². The fraction of sp³-hybridized carbons (Fsp3) is 1.00. The Balaban J connectivity index is 4.39. The van der Waals surface area contributed by atoms with Crippen LogP contribution in [-0.4, -0.2) is 26.4 Å². The second-order valence-electron chi connectivity index (χ2n) is 4.34. The van der Waals surface area contributed by atoms with Gasteiger partial charge < -0.3 is 0 Å². The Morgan fingerprint density at radius 2 is 0.765 bits per heavy atom. The van der Waals surface area contributed by atoms with Crippen LogP contribution in [0, 0.1) is 0 Å². The van der Waals surface area contributed by atoms with Gasteiger partial charge in [0.15, 0.2) is 0 Å². The van der Waals surface area contributed by atoms with Gasteiger partial charge in [0.25, 0.3) is 0 Å². The minimum atomic E-state index is -4.03. The van der Waals surface area contributed by atoms with Gasteiger partial charge in [-0.2, -0.15) is 0 Å². The molecule has 0 amide bonds. The zero-order valence-corrected chi connectivity index (χ0v) is 18.4. The van der Waals surface area contributed by atoms with E-state index in [1.54, 1.807) is 0 Å². The van der Waals surface area contributed by atoms with Gasteiger partial charge in [0, 0.05) is 0 Å². The van der Waals surface area contributed by atoms with E-state index in [0.29, 0.717) is 26.4 Å². The molecule has 0 aliphatic heterocycles. The molecule has 0 aliphatic carbocycles. The molecule has 0 radical (unpaired) electrons. The van der Waals surface area contributed by atoms with Gasteiger partial charge in [-0.3, -0.25) is 0 Å². The van der Waals surface area contributed by atoms with Crippen molar-refractivity contribution >= 4 is 0 Å². The van der Waals surface area contributed by atoms with E-state index < -0.39 is 0 Å². The average molecular weight is 503 g/mol. The predicted molar refractivity (Wildman–Crippen MR) is 65.0 cm³/mol. The van der Waals surface area contributed by atoms with Crippen molar-refractivity contribution in [2.75, 3.05) is 26.4 Å². The summed E-state index contributed by atoms with van der Waals surface area (Å²) >= 11 is 0. The molecule has 0 rings (SSSR count). The van der Waals surface area contributed by atoms with Crippen LogP contribution >= 0.6 is 0 Å². The quantitative estimate of drug-likeness (QED) is 0.409. The summed E-state index contributed by atoms with van der Waals surface area (Å²) in [6.45, 7) is 11.0. The minimum absolute atomic E-state index is 0.673. The third kappa shape index (κ3) is 6.89. The zero-order valence-electron chi connectivity index (χ0n) is 12.0. The van der Waals surface area contributed by atoms with Crippen LogP contribution in [0.1, 0.15) is 53.4 Å². The van der Waals surface area contributed by atoms with Crippen molar-refractivity contribution in [3.8, 4) is 0 Å². The van der Waals surface area contributed by atoms with E-state index in [1.165, 1.54) is 0 Å². The predicted octanol–water partition coefficient (Wildman–Crippen LogP) is 3.51. The summed E-state index contributed by atoms with van der Waals surface area (Å²) in [7, 11) is 0. The number of hydrogen-bond donors (Lipinski definition) is 0. The molecule has 102 valence electrons. The molecule has 0 unspecified atom stereocenters. The molecule has 0 aromatic carbocycles. The molecule has 0 aromatic heterocycles. The SMILES string of the molecule is CCC[O][Rf]([O]CCC)([O]CCC)[O]CCC. The molecule has 0 atom stereocenters. The van der Waals surface area contributed by atoms with Crippen LogP contribution in [0.15, 0.2) is 0 Å². The molecule has 0 heterocycles. The summed E-state index contributed by atoms with van der Waals surface area (Å²) in [5.74, 6) is 0. The van der Waals surface area contributed by atoms with Gasteiger partial charge in [-0.15, -0.1) is 0 Å². The first-order valence-corrected chi connectivity index (χ1v) is 17.6. The Labute approximate surface area is 101 Å². The topological polar surface area (TPSA) is 36.9 Å². The fourth-order valence-electron chi connectivity index (χ4n) is 1.64. The van der Waals surface area contributed by atoms with Crippen LogP contribution in [0.25, 0.3) is 0 Å². The first-order valence-electron chi connectivity index (χ1n) is 7.14. The normalized spacial score (nSPS) is 12.0. The van der Waals surface area contributed by atoms with Gasteiger partial charge in [0.2, 0.25) is 0 Å². The van der Waals surface area contributed by atoms with Crippen molar-refractivity contribution in [3.05, 3.63) is 0 Å². The van der Waals surface area contributed by atoms with E-state index in [-0.39, 0.29) is 0 Å². The van der Waals surface area contributed by atoms with Gasteiger partial charge in [0.1, 0.15) is 0 Å². The van der Waals surface area contributed by atoms with Gasteiger partial charge in [-0.05, 0) is 0 Å². The van der Waals surface area contributed by atoms with E-state index in [4.69, 9.17) is 20.4 Å². The first-order chi connectivity index (χ1) is 8.24. The van der Waals surface area contributed by atoms with E-state index in [9.17, 15) is 0 Å². The number of rotatable bonds is 12. The molecule has 0 N–H and O–H groups in total. The molecule has 0 fully saturated rings. The summed E-state index contributed by atoms with van der Waals surface area (Å²) in [6, 6.07) is 0. The van der Waals surface area contributed by atoms with Crippen molar-refractivity contribution in [1.82, 2.24) is 0 Å². The Morgan fingerprint density at radius 1 is 0.529 bits per heavy atom. The second-order valence-corrected chi connectivity index (χ2v) is 18.1. The summed E-state index contributed by atoms with van der Waals surface area (Å²) in [5, 5.41) is 23.4. The maximum atomic E-state index is 5.86. The van der Waals surface area contributed by atoms with E-state index in [0.717, 1.165) is 25.7 Å². The van der Waals surface area contributed by atoms with Crippen LogP contribution in [0.2, 0.25) is 0 Å². The Kier molecular flexibility index (Phi) is 9.34. The van der Waals surface area contributed by atoms with Crippen LogP contribution in [0.3, 0.4) is 0 Å². The third-order valence-corrected chi connectivity index (χ3v) is 16.7. The van der Waals surface area contributed by atoms with Crippen LogP contribution in [0.4, 0.5) is 0 Å². The van der Waals surface area contributed by atoms with Gasteiger partial charge in [0.05, 0.1) is 0 Å². The van der Waals surface area contributed by atoms with Crippen molar-refractivity contribution in [3.63, 3.8) is 0 Å². The first kappa shape index (κ1) is 15.8. The van der Waals surface area contributed by atoms with Gasteiger partial charge >= 0.3 is 100 Å². The molecular formula is C12H28O4Rf. The summed E-state index contributed by atoms with van der Waals surface area (Å²) in [6.07, 6.45) is 3.86. The van der Waals surface area contributed by atoms with E-state index in [1.807, 2.05) is 0 Å². The standard InChI is InChI=1S/4C3H7O.Rf/c4*1-2-3-4;/h4*2-3H2,1H3;/q4*-1;+4. The Morgan fingerprint density at radius 3 is 0.941 bits per heavy atom. The average Bonchev–Trinajstić information content (AvgIpc) is 2.37. The second kappa shape index (κ2) is 10.0. The van der Waals surface area contributed by atoms with E-state index in [2.05, 4.69) is 27.7 Å². The summed E-state index contributed by atoms with van der Waals surface area (Å²) in [5.41, 5.74) is 0. The van der Waals surface area contributed by atoms with Crippen LogP contribution in [-0.2, 0) is 20.4 Å². The zero-order chi connectivity index (χ0) is 13.0. The monoisotopic (exact) mass is 503 g/mol. The van der Waals surface area contributed by atoms with E-state index >= 15 is 0 Å². The summed E-state index contributed by atoms with van der Waals surface area (Å²) in [4.78, 5) is 0. The van der Waals surface area contributed by atoms with Crippen molar-refractivity contribution < 1.29 is 20.4 Å². The molecule has 0 saturated carbocycles. The summed E-state index contributed by atoms with van der Waals surface area (Å²) < 4.78 is -4.03. The maximum absolute atomic E-state index is 5.86. The molecule has 0 aromatic rings. The molecule has 0 saturated heterocycles. The molecule has 4 nitrogen and oxygen atoms in total. The molecule has 17 heavy (non-hydrogen) atoms. The Bertz CT molecular complexity index is 129. The van der Waals surface area contributed by atoms with Crippen molar-refractivity contribution in [2.24, 2.45) is 0 Å². The molecule has 0 bridgehead atoms.